The Kier molecular flexibility index (Phi) is 3.82. The zero-order chi connectivity index (χ0) is 14.2. The highest BCUT2D eigenvalue weighted by molar-refractivity contribution is 7.89. The first kappa shape index (κ1) is 14.3. The van der Waals surface area contributed by atoms with E-state index >= 15 is 0 Å². The van der Waals surface area contributed by atoms with Crippen LogP contribution in [0.4, 0.5) is 10.1 Å². The molecule has 0 radical (unpaired) electrons. The Balaban J connectivity index is 2.14. The summed E-state index contributed by atoms with van der Waals surface area (Å²) in [4.78, 5) is 0.0203. The summed E-state index contributed by atoms with van der Waals surface area (Å²) in [6.07, 6.45) is 2.34. The van der Waals surface area contributed by atoms with Crippen molar-refractivity contribution < 1.29 is 12.8 Å². The van der Waals surface area contributed by atoms with E-state index < -0.39 is 15.8 Å². The van der Waals surface area contributed by atoms with Crippen molar-refractivity contribution in [3.8, 4) is 0 Å². The van der Waals surface area contributed by atoms with Crippen LogP contribution in [-0.2, 0) is 10.0 Å². The molecule has 0 aromatic heterocycles. The Morgan fingerprint density at radius 2 is 2.11 bits per heavy atom. The molecule has 4 nitrogen and oxygen atoms in total. The zero-order valence-electron chi connectivity index (χ0n) is 11.1. The predicted molar refractivity (Wildman–Crippen MR) is 72.6 cm³/mol. The number of benzene rings is 1. The van der Waals surface area contributed by atoms with Crippen molar-refractivity contribution in [2.24, 2.45) is 11.8 Å². The van der Waals surface area contributed by atoms with Crippen LogP contribution in [-0.4, -0.2) is 15.0 Å². The minimum atomic E-state index is -3.62. The van der Waals surface area contributed by atoms with Crippen LogP contribution in [0.2, 0.25) is 0 Å². The number of sulfonamides is 1. The van der Waals surface area contributed by atoms with Crippen molar-refractivity contribution >= 4 is 15.7 Å². The van der Waals surface area contributed by atoms with Crippen LogP contribution in [0, 0.1) is 24.6 Å². The van der Waals surface area contributed by atoms with Gasteiger partial charge in [0.1, 0.15) is 5.82 Å². The van der Waals surface area contributed by atoms with E-state index in [1.807, 2.05) is 6.92 Å². The fourth-order valence-electron chi connectivity index (χ4n) is 2.07. The number of aryl methyl sites for hydroxylation is 1. The van der Waals surface area contributed by atoms with Gasteiger partial charge in [0.25, 0.3) is 0 Å². The van der Waals surface area contributed by atoms with E-state index in [4.69, 9.17) is 5.73 Å². The second kappa shape index (κ2) is 5.09. The average molecular weight is 286 g/mol. The Morgan fingerprint density at radius 3 is 2.63 bits per heavy atom. The third-order valence-corrected chi connectivity index (χ3v) is 4.99. The topological polar surface area (TPSA) is 72.2 Å². The molecule has 1 saturated carbocycles. The Morgan fingerprint density at radius 1 is 1.47 bits per heavy atom. The lowest BCUT2D eigenvalue weighted by molar-refractivity contribution is 0.491. The van der Waals surface area contributed by atoms with Gasteiger partial charge in [0, 0.05) is 6.54 Å². The van der Waals surface area contributed by atoms with Gasteiger partial charge in [-0.25, -0.2) is 17.5 Å². The van der Waals surface area contributed by atoms with Gasteiger partial charge in [0.2, 0.25) is 10.0 Å². The van der Waals surface area contributed by atoms with Gasteiger partial charge in [0.05, 0.1) is 10.6 Å². The minimum absolute atomic E-state index is 0.0203. The molecule has 0 amide bonds. The summed E-state index contributed by atoms with van der Waals surface area (Å²) in [7, 11) is -3.62. The average Bonchev–Trinajstić information content (AvgIpc) is 3.16. The molecule has 1 aromatic rings. The number of hydrogen-bond acceptors (Lipinski definition) is 3. The molecule has 106 valence electrons. The molecule has 2 rings (SSSR count). The highest BCUT2D eigenvalue weighted by Crippen LogP contribution is 2.36. The van der Waals surface area contributed by atoms with Gasteiger partial charge in [-0.3, -0.25) is 0 Å². The van der Waals surface area contributed by atoms with Gasteiger partial charge in [-0.05, 0) is 49.3 Å². The van der Waals surface area contributed by atoms with Gasteiger partial charge in [0.15, 0.2) is 0 Å². The number of nitrogens with two attached hydrogens (primary N) is 1. The lowest BCUT2D eigenvalue weighted by atomic mass is 10.1. The van der Waals surface area contributed by atoms with Crippen LogP contribution in [0.25, 0.3) is 0 Å². The van der Waals surface area contributed by atoms with Crippen molar-refractivity contribution in [1.29, 1.82) is 0 Å². The van der Waals surface area contributed by atoms with E-state index in [0.29, 0.717) is 18.4 Å². The molecule has 0 spiro atoms. The number of halogens is 1. The molecular weight excluding hydrogens is 267 g/mol. The summed E-state index contributed by atoms with van der Waals surface area (Å²) in [6, 6.07) is 2.46. The number of nitrogens with one attached hydrogen (secondary N) is 1. The second-order valence-electron chi connectivity index (χ2n) is 5.31. The van der Waals surface area contributed by atoms with Gasteiger partial charge >= 0.3 is 0 Å². The zero-order valence-corrected chi connectivity index (χ0v) is 11.9. The Labute approximate surface area is 113 Å². The molecule has 0 saturated heterocycles. The van der Waals surface area contributed by atoms with Gasteiger partial charge in [-0.2, -0.15) is 0 Å². The predicted octanol–water partition coefficient (Wildman–Crippen LogP) is 2.04. The van der Waals surface area contributed by atoms with Crippen LogP contribution in [0.15, 0.2) is 17.0 Å². The maximum atomic E-state index is 13.4. The van der Waals surface area contributed by atoms with E-state index in [0.717, 1.165) is 6.07 Å². The number of nitrogen functional groups attached to an aromatic ring is 1. The fourth-order valence-corrected chi connectivity index (χ4v) is 3.34. The summed E-state index contributed by atoms with van der Waals surface area (Å²) in [5, 5.41) is 0. The SMILES string of the molecule is Cc1cc(S(=O)(=O)NCC(C)C2CC2)cc(N)c1F. The smallest absolute Gasteiger partial charge is 0.240 e. The van der Waals surface area contributed by atoms with Crippen LogP contribution in [0.3, 0.4) is 0 Å². The van der Waals surface area contributed by atoms with Crippen LogP contribution in [0.1, 0.15) is 25.3 Å². The minimum Gasteiger partial charge on any atom is -0.396 e. The highest BCUT2D eigenvalue weighted by atomic mass is 32.2. The standard InChI is InChI=1S/C13H19FN2O2S/c1-8-5-11(6-12(15)13(8)14)19(17,18)16-7-9(2)10-3-4-10/h5-6,9-10,16H,3-4,7,15H2,1-2H3. The molecule has 1 aliphatic carbocycles. The van der Waals surface area contributed by atoms with E-state index in [2.05, 4.69) is 4.72 Å². The fraction of sp³-hybridized carbons (Fsp3) is 0.538. The van der Waals surface area contributed by atoms with Gasteiger partial charge < -0.3 is 5.73 Å². The Hall–Kier alpha value is -1.14. The molecule has 0 bridgehead atoms. The van der Waals surface area contributed by atoms with Crippen LogP contribution >= 0.6 is 0 Å². The molecule has 1 unspecified atom stereocenters. The summed E-state index contributed by atoms with van der Waals surface area (Å²) >= 11 is 0. The maximum absolute atomic E-state index is 13.4. The van der Waals surface area contributed by atoms with Crippen molar-refractivity contribution in [3.05, 3.63) is 23.5 Å². The van der Waals surface area contributed by atoms with Crippen molar-refractivity contribution in [2.45, 2.75) is 31.6 Å². The maximum Gasteiger partial charge on any atom is 0.240 e. The molecule has 3 N–H and O–H groups in total. The second-order valence-corrected chi connectivity index (χ2v) is 7.08. The first-order chi connectivity index (χ1) is 8.81. The van der Waals surface area contributed by atoms with Gasteiger partial charge in [-0.15, -0.1) is 0 Å². The van der Waals surface area contributed by atoms with Crippen molar-refractivity contribution in [2.75, 3.05) is 12.3 Å². The Bertz CT molecular complexity index is 559. The van der Waals surface area contributed by atoms with E-state index in [1.54, 1.807) is 0 Å². The molecule has 1 atom stereocenters. The summed E-state index contributed by atoms with van der Waals surface area (Å²) < 4.78 is 40.2. The molecule has 1 fully saturated rings. The first-order valence-corrected chi connectivity index (χ1v) is 7.85. The highest BCUT2D eigenvalue weighted by Gasteiger charge is 2.29. The lowest BCUT2D eigenvalue weighted by Crippen LogP contribution is -2.29. The number of rotatable bonds is 5. The molecule has 6 heteroatoms. The van der Waals surface area contributed by atoms with Gasteiger partial charge in [-0.1, -0.05) is 6.92 Å². The number of hydrogen-bond donors (Lipinski definition) is 2. The third kappa shape index (κ3) is 3.25. The quantitative estimate of drug-likeness (QED) is 0.814. The van der Waals surface area contributed by atoms with Crippen LogP contribution < -0.4 is 10.5 Å². The molecule has 1 aliphatic rings. The molecule has 19 heavy (non-hydrogen) atoms. The van der Waals surface area contributed by atoms with Crippen molar-refractivity contribution in [1.82, 2.24) is 4.72 Å². The molecule has 0 heterocycles. The summed E-state index contributed by atoms with van der Waals surface area (Å²) in [6.45, 7) is 3.94. The molecule has 1 aromatic carbocycles. The molecular formula is C13H19FN2O2S. The monoisotopic (exact) mass is 286 g/mol. The van der Waals surface area contributed by atoms with Crippen molar-refractivity contribution in [3.63, 3.8) is 0 Å². The lowest BCUT2D eigenvalue weighted by Gasteiger charge is -2.13. The van der Waals surface area contributed by atoms with E-state index in [9.17, 15) is 12.8 Å². The van der Waals surface area contributed by atoms with E-state index in [1.165, 1.54) is 25.8 Å². The molecule has 0 aliphatic heterocycles. The third-order valence-electron chi connectivity index (χ3n) is 3.59. The normalized spacial score (nSPS) is 17.4. The largest absolute Gasteiger partial charge is 0.396 e. The summed E-state index contributed by atoms with van der Waals surface area (Å²) in [5.74, 6) is 0.390. The first-order valence-electron chi connectivity index (χ1n) is 6.36. The number of anilines is 1. The van der Waals surface area contributed by atoms with E-state index in [-0.39, 0.29) is 16.1 Å². The summed E-state index contributed by atoms with van der Waals surface area (Å²) in [5.41, 5.74) is 5.55. The van der Waals surface area contributed by atoms with Crippen LogP contribution in [0.5, 0.6) is 0 Å².